The van der Waals surface area contributed by atoms with Gasteiger partial charge >= 0.3 is 77.0 Å². The number of benzene rings is 2. The van der Waals surface area contributed by atoms with Crippen molar-refractivity contribution in [3.63, 3.8) is 0 Å². The molecular formula is C27H39Cl2I4N4O4V. The topological polar surface area (TPSA) is 101 Å². The van der Waals surface area contributed by atoms with E-state index >= 15 is 0 Å². The number of nitrogens with zero attached hydrogens (tertiary/aromatic N) is 1. The maximum atomic E-state index is 11.7. The summed E-state index contributed by atoms with van der Waals surface area (Å²) in [6.07, 6.45) is 0.649. The van der Waals surface area contributed by atoms with Crippen molar-refractivity contribution in [3.05, 3.63) is 57.6 Å². The minimum absolute atomic E-state index is 0.278. The Morgan fingerprint density at radius 1 is 0.857 bits per heavy atom. The average molecular weight is 1110 g/mol. The molecule has 0 atom stereocenters. The Morgan fingerprint density at radius 3 is 1.67 bits per heavy atom. The summed E-state index contributed by atoms with van der Waals surface area (Å²) in [5, 5.41) is 9.63. The van der Waals surface area contributed by atoms with Crippen LogP contribution in [0.25, 0.3) is 0 Å². The average Bonchev–Trinajstić information content (AvgIpc) is 2.82. The summed E-state index contributed by atoms with van der Waals surface area (Å²) < 4.78 is 10.4. The molecule has 2 amide bonds. The molecule has 0 bridgehead atoms. The maximum absolute atomic E-state index is 11.7. The molecule has 238 valence electrons. The van der Waals surface area contributed by atoms with Gasteiger partial charge in [0.2, 0.25) is 0 Å². The number of ether oxygens (including phenoxy) is 2. The first-order valence-electron chi connectivity index (χ1n) is 12.2. The quantitative estimate of drug-likeness (QED) is 0.157. The van der Waals surface area contributed by atoms with Gasteiger partial charge in [0.05, 0.1) is 5.69 Å². The molecule has 0 aliphatic rings. The molecular weight excluding hydrogens is 1070 g/mol. The number of rotatable bonds is 5. The summed E-state index contributed by atoms with van der Waals surface area (Å²) in [6, 6.07) is 10.4. The van der Waals surface area contributed by atoms with Crippen LogP contribution in [-0.2, 0) is 20.9 Å². The summed E-state index contributed by atoms with van der Waals surface area (Å²) in [5.41, 5.74) is 1.91. The van der Waals surface area contributed by atoms with Crippen LogP contribution in [0, 0.1) is 0 Å². The molecule has 0 fully saturated rings. The van der Waals surface area contributed by atoms with Crippen molar-refractivity contribution >= 4 is 136 Å². The van der Waals surface area contributed by atoms with E-state index in [-0.39, 0.29) is 4.92 Å². The van der Waals surface area contributed by atoms with Gasteiger partial charge in [-0.25, -0.2) is 9.59 Å². The molecule has 2 rings (SSSR count). The Bertz CT molecular complexity index is 1130. The molecule has 2 aromatic rings. The zero-order valence-corrected chi connectivity index (χ0v) is 36.6. The Balaban J connectivity index is 0. The number of halogens is 6. The van der Waals surface area contributed by atoms with Crippen LogP contribution in [-0.4, -0.2) is 48.6 Å². The van der Waals surface area contributed by atoms with E-state index in [0.29, 0.717) is 28.0 Å². The van der Waals surface area contributed by atoms with E-state index in [1.165, 1.54) is 0 Å². The van der Waals surface area contributed by atoms with Crippen LogP contribution < -0.4 is 16.0 Å². The zero-order chi connectivity index (χ0) is 33.1. The summed E-state index contributed by atoms with van der Waals surface area (Å²) in [5.74, 6) is 0. The van der Waals surface area contributed by atoms with Crippen LogP contribution in [0.2, 0.25) is 10.0 Å². The van der Waals surface area contributed by atoms with Gasteiger partial charge in [0.1, 0.15) is 11.2 Å². The second kappa shape index (κ2) is 23.9. The van der Waals surface area contributed by atoms with Crippen LogP contribution in [0.4, 0.5) is 21.0 Å². The first kappa shape index (κ1) is 44.8. The molecule has 42 heavy (non-hydrogen) atoms. The number of alkyl halides is 1. The van der Waals surface area contributed by atoms with E-state index in [9.17, 15) is 9.59 Å². The number of aliphatic imine (C=N–C) groups is 1. The Labute approximate surface area is 312 Å². The second-order valence-corrected chi connectivity index (χ2v) is 46.1. The predicted octanol–water partition coefficient (Wildman–Crippen LogP) is 10.8. The van der Waals surface area contributed by atoms with Gasteiger partial charge < -0.3 is 14.8 Å². The van der Waals surface area contributed by atoms with Crippen LogP contribution in [0.5, 0.6) is 0 Å². The first-order valence-corrected chi connectivity index (χ1v) is 28.6. The number of hydrogen-bond acceptors (Lipinski definition) is 6. The number of amides is 2. The third-order valence-electron chi connectivity index (χ3n) is 3.99. The number of anilines is 2. The number of nitrogens with one attached hydrogen (secondary N) is 3. The van der Waals surface area contributed by atoms with E-state index in [4.69, 9.17) is 32.7 Å². The fraction of sp³-hybridized carbons (Fsp3) is 0.444. The van der Waals surface area contributed by atoms with E-state index < -0.39 is 23.4 Å². The van der Waals surface area contributed by atoms with Crippen molar-refractivity contribution in [1.82, 2.24) is 5.32 Å². The van der Waals surface area contributed by atoms with Gasteiger partial charge in [-0.05, 0) is 95.5 Å². The third-order valence-corrected chi connectivity index (χ3v) is 4.46. The SMILES string of the molecule is CI.CN=Cc1cc(Cl)ccc1NC(=O)OC(C)(C)C.CNCc1cc(Cl)ccc1NC(=O)OC(C)(C)C.[I][V]([I])[I]. The number of hydrogen-bond donors (Lipinski definition) is 3. The van der Waals surface area contributed by atoms with Gasteiger partial charge in [-0.15, -0.1) is 0 Å². The second-order valence-electron chi connectivity index (χ2n) is 9.90. The van der Waals surface area contributed by atoms with E-state index in [1.807, 2.05) is 59.6 Å². The zero-order valence-electron chi connectivity index (χ0n) is 25.0. The fourth-order valence-corrected chi connectivity index (χ4v) is 3.12. The van der Waals surface area contributed by atoms with Crippen LogP contribution in [0.1, 0.15) is 52.7 Å². The van der Waals surface area contributed by atoms with Crippen LogP contribution in [0.3, 0.4) is 0 Å². The van der Waals surface area contributed by atoms with Gasteiger partial charge in [-0.3, -0.25) is 15.6 Å². The number of carbonyl (C=O) groups is 2. The Hall–Kier alpha value is 0.694. The van der Waals surface area contributed by atoms with E-state index in [0.717, 1.165) is 11.1 Å². The van der Waals surface area contributed by atoms with Crippen LogP contribution in [0.15, 0.2) is 41.4 Å². The minimum atomic E-state index is -0.532. The molecule has 3 N–H and O–H groups in total. The molecule has 0 radical (unpaired) electrons. The molecule has 0 aliphatic heterocycles. The first-order chi connectivity index (χ1) is 19.4. The van der Waals surface area contributed by atoms with Gasteiger partial charge in [-0.2, -0.15) is 0 Å². The predicted molar refractivity (Wildman–Crippen MR) is 211 cm³/mol. The van der Waals surface area contributed by atoms with Gasteiger partial charge in [0.15, 0.2) is 0 Å². The van der Waals surface area contributed by atoms with Crippen molar-refractivity contribution in [2.45, 2.75) is 59.3 Å². The van der Waals surface area contributed by atoms with Crippen molar-refractivity contribution < 1.29 is 24.0 Å². The molecule has 2 aromatic carbocycles. The molecule has 0 saturated carbocycles. The molecule has 0 heterocycles. The Morgan fingerprint density at radius 2 is 1.26 bits per heavy atom. The van der Waals surface area contributed by atoms with E-state index in [2.05, 4.69) is 103 Å². The molecule has 0 unspecified atom stereocenters. The van der Waals surface area contributed by atoms with Crippen molar-refractivity contribution in [2.24, 2.45) is 4.99 Å². The normalized spacial score (nSPS) is 10.8. The summed E-state index contributed by atoms with van der Waals surface area (Å²) in [6.45, 7) is 11.5. The van der Waals surface area contributed by atoms with Crippen molar-refractivity contribution in [3.8, 4) is 0 Å². The number of carbonyl (C=O) groups excluding carboxylic acids is 2. The van der Waals surface area contributed by atoms with Gasteiger partial charge in [-0.1, -0.05) is 45.8 Å². The van der Waals surface area contributed by atoms with Crippen LogP contribution >= 0.6 is 106 Å². The molecule has 8 nitrogen and oxygen atoms in total. The van der Waals surface area contributed by atoms with E-state index in [1.54, 1.807) is 43.6 Å². The van der Waals surface area contributed by atoms with Crippen molar-refractivity contribution in [2.75, 3.05) is 29.7 Å². The standard InChI is InChI=1S/C13H19ClN2O2.C13H17ClN2O2.CH3I.3HI.V/c2*1-13(2,3)18-12(17)16-11-6-5-10(14)7-9(11)8-15-4;1-2;;;;/h5-7,15H,8H2,1-4H3,(H,16,17);5-8H,1-4H3,(H,16,17);1H3;3*1H;/q;;;;;;+3/p-3. The third kappa shape index (κ3) is 25.0. The molecule has 0 spiro atoms. The summed E-state index contributed by atoms with van der Waals surface area (Å²) >= 11 is 21.4. The van der Waals surface area contributed by atoms with Gasteiger partial charge in [0, 0.05) is 41.1 Å². The Kier molecular flexibility index (Phi) is 25.6. The molecule has 0 aliphatic carbocycles. The summed E-state index contributed by atoms with van der Waals surface area (Å²) in [7, 11) is 3.48. The molecule has 15 heteroatoms. The monoisotopic (exact) mass is 1110 g/mol. The fourth-order valence-electron chi connectivity index (χ4n) is 2.74. The molecule has 0 saturated heterocycles. The van der Waals surface area contributed by atoms with Gasteiger partial charge in [0.25, 0.3) is 0 Å². The van der Waals surface area contributed by atoms with Crippen molar-refractivity contribution in [1.29, 1.82) is 0 Å². The molecule has 0 aromatic heterocycles. The summed E-state index contributed by atoms with van der Waals surface area (Å²) in [4.78, 5) is 28.9.